The summed E-state index contributed by atoms with van der Waals surface area (Å²) in [6.45, 7) is 0.0802. The van der Waals surface area contributed by atoms with Gasteiger partial charge in [0.2, 0.25) is 0 Å². The van der Waals surface area contributed by atoms with Crippen molar-refractivity contribution in [1.29, 1.82) is 0 Å². The van der Waals surface area contributed by atoms with Crippen LogP contribution < -0.4 is 10.3 Å². The molecule has 0 aliphatic heterocycles. The number of carboxylic acids is 1. The largest absolute Gasteiger partial charge is 0.485 e. The van der Waals surface area contributed by atoms with Crippen LogP contribution in [0, 0.1) is 0 Å². The van der Waals surface area contributed by atoms with Crippen LogP contribution >= 0.6 is 22.7 Å². The predicted molar refractivity (Wildman–Crippen MR) is 75.9 cm³/mol. The highest BCUT2D eigenvalue weighted by Gasteiger charge is 2.09. The first-order valence-electron chi connectivity index (χ1n) is 5.54. The van der Waals surface area contributed by atoms with Crippen molar-refractivity contribution in [3.8, 4) is 5.75 Å². The quantitative estimate of drug-likeness (QED) is 0.771. The molecule has 0 bridgehead atoms. The number of hydrogen-bond acceptors (Lipinski definition) is 6. The number of nitrogens with zero attached hydrogens (tertiary/aromatic N) is 1. The van der Waals surface area contributed by atoms with Gasteiger partial charge in [0.25, 0.3) is 5.56 Å². The molecule has 0 radical (unpaired) electrons. The zero-order valence-electron chi connectivity index (χ0n) is 9.95. The fraction of sp³-hybridized carbons (Fsp3) is 0.0833. The number of nitrogens with one attached hydrogen (secondary N) is 1. The maximum Gasteiger partial charge on any atom is 0.346 e. The summed E-state index contributed by atoms with van der Waals surface area (Å²) in [6, 6.07) is 3.21. The monoisotopic (exact) mass is 308 g/mol. The van der Waals surface area contributed by atoms with E-state index in [1.54, 1.807) is 16.8 Å². The van der Waals surface area contributed by atoms with Gasteiger partial charge in [0.15, 0.2) is 0 Å². The number of rotatable bonds is 4. The summed E-state index contributed by atoms with van der Waals surface area (Å²) < 4.78 is 6.00. The van der Waals surface area contributed by atoms with E-state index in [2.05, 4.69) is 9.97 Å². The first-order chi connectivity index (χ1) is 9.63. The molecule has 0 amide bonds. The lowest BCUT2D eigenvalue weighted by molar-refractivity contribution is 0.0702. The molecule has 0 spiro atoms. The molecule has 0 saturated carbocycles. The highest BCUT2D eigenvalue weighted by atomic mass is 32.1. The van der Waals surface area contributed by atoms with Gasteiger partial charge in [-0.15, -0.1) is 22.7 Å². The van der Waals surface area contributed by atoms with E-state index in [0.29, 0.717) is 21.8 Å². The van der Waals surface area contributed by atoms with E-state index < -0.39 is 5.97 Å². The Morgan fingerprint density at radius 1 is 1.45 bits per heavy atom. The maximum absolute atomic E-state index is 11.7. The molecule has 3 rings (SSSR count). The van der Waals surface area contributed by atoms with Gasteiger partial charge >= 0.3 is 5.97 Å². The second-order valence-electron chi connectivity index (χ2n) is 3.89. The lowest BCUT2D eigenvalue weighted by Gasteiger charge is -2.02. The smallest absolute Gasteiger partial charge is 0.346 e. The van der Waals surface area contributed by atoms with Crippen LogP contribution in [0.25, 0.3) is 10.2 Å². The van der Waals surface area contributed by atoms with Crippen LogP contribution in [0.4, 0.5) is 0 Å². The van der Waals surface area contributed by atoms with Crippen LogP contribution in [0.3, 0.4) is 0 Å². The molecule has 3 aromatic heterocycles. The molecule has 6 nitrogen and oxygen atoms in total. The number of aromatic carboxylic acids is 1. The Bertz CT molecular complexity index is 833. The molecule has 0 fully saturated rings. The third-order valence-electron chi connectivity index (χ3n) is 2.53. The van der Waals surface area contributed by atoms with Crippen LogP contribution in [-0.4, -0.2) is 21.0 Å². The summed E-state index contributed by atoms with van der Waals surface area (Å²) in [5.41, 5.74) is 0.439. The standard InChI is InChI=1S/C12H8N2O4S2/c15-11-10-7(1-2-19-10)13-9(14-11)4-18-6-3-8(12(16)17)20-5-6/h1-3,5H,4H2,(H,16,17)(H,13,14,15). The summed E-state index contributed by atoms with van der Waals surface area (Å²) in [6.07, 6.45) is 0. The first kappa shape index (κ1) is 12.8. The van der Waals surface area contributed by atoms with Crippen LogP contribution in [0.5, 0.6) is 5.75 Å². The molecule has 8 heteroatoms. The minimum atomic E-state index is -0.990. The molecule has 0 saturated heterocycles. The Morgan fingerprint density at radius 3 is 3.05 bits per heavy atom. The molecule has 20 heavy (non-hydrogen) atoms. The molecule has 102 valence electrons. The molecule has 3 aromatic rings. The fourth-order valence-corrected chi connectivity index (χ4v) is 3.04. The highest BCUT2D eigenvalue weighted by molar-refractivity contribution is 7.17. The number of H-pyrrole nitrogens is 1. The minimum absolute atomic E-state index is 0.0802. The number of aromatic amines is 1. The molecule has 0 atom stereocenters. The number of ether oxygens (including phenoxy) is 1. The van der Waals surface area contributed by atoms with E-state index in [1.807, 2.05) is 0 Å². The van der Waals surface area contributed by atoms with E-state index in [0.717, 1.165) is 11.3 Å². The Labute approximate surface area is 120 Å². The summed E-state index contributed by atoms with van der Waals surface area (Å²) in [5.74, 6) is -0.138. The summed E-state index contributed by atoms with van der Waals surface area (Å²) in [5, 5.41) is 12.2. The number of aromatic nitrogens is 2. The van der Waals surface area contributed by atoms with Crippen molar-refractivity contribution >= 4 is 38.9 Å². The molecule has 0 unspecified atom stereocenters. The van der Waals surface area contributed by atoms with E-state index >= 15 is 0 Å². The lowest BCUT2D eigenvalue weighted by Crippen LogP contribution is -2.12. The molecular weight excluding hydrogens is 300 g/mol. The van der Waals surface area contributed by atoms with Gasteiger partial charge in [-0.2, -0.15) is 0 Å². The van der Waals surface area contributed by atoms with E-state index in [1.165, 1.54) is 17.4 Å². The Morgan fingerprint density at radius 2 is 2.30 bits per heavy atom. The van der Waals surface area contributed by atoms with Crippen LogP contribution in [-0.2, 0) is 6.61 Å². The van der Waals surface area contributed by atoms with Gasteiger partial charge in [0.05, 0.1) is 5.52 Å². The van der Waals surface area contributed by atoms with Crippen molar-refractivity contribution in [1.82, 2.24) is 9.97 Å². The van der Waals surface area contributed by atoms with Gasteiger partial charge < -0.3 is 14.8 Å². The minimum Gasteiger partial charge on any atom is -0.485 e. The van der Waals surface area contributed by atoms with Crippen molar-refractivity contribution in [2.75, 3.05) is 0 Å². The Hall–Kier alpha value is -2.19. The first-order valence-corrected chi connectivity index (χ1v) is 7.30. The fourth-order valence-electron chi connectivity index (χ4n) is 1.65. The molecular formula is C12H8N2O4S2. The second kappa shape index (κ2) is 5.06. The summed E-state index contributed by atoms with van der Waals surface area (Å²) in [7, 11) is 0. The molecule has 0 aromatic carbocycles. The van der Waals surface area contributed by atoms with Crippen LogP contribution in [0.1, 0.15) is 15.5 Å². The summed E-state index contributed by atoms with van der Waals surface area (Å²) >= 11 is 2.42. The average molecular weight is 308 g/mol. The van der Waals surface area contributed by atoms with E-state index in [4.69, 9.17) is 9.84 Å². The Balaban J connectivity index is 1.79. The highest BCUT2D eigenvalue weighted by Crippen LogP contribution is 2.22. The zero-order valence-corrected chi connectivity index (χ0v) is 11.6. The number of carbonyl (C=O) groups is 1. The maximum atomic E-state index is 11.7. The van der Waals surface area contributed by atoms with Gasteiger partial charge in [-0.25, -0.2) is 9.78 Å². The SMILES string of the molecule is O=C(O)c1cc(OCc2nc3ccsc3c(=O)[nH]2)cs1. The van der Waals surface area contributed by atoms with Crippen molar-refractivity contribution in [3.63, 3.8) is 0 Å². The van der Waals surface area contributed by atoms with Gasteiger partial charge in [-0.1, -0.05) is 0 Å². The van der Waals surface area contributed by atoms with Crippen molar-refractivity contribution in [3.05, 3.63) is 43.9 Å². The van der Waals surface area contributed by atoms with Gasteiger partial charge in [-0.3, -0.25) is 4.79 Å². The normalized spacial score (nSPS) is 10.8. The number of fused-ring (bicyclic) bond motifs is 1. The number of thiophene rings is 2. The average Bonchev–Trinajstić information content (AvgIpc) is 3.05. The van der Waals surface area contributed by atoms with Crippen LogP contribution in [0.2, 0.25) is 0 Å². The zero-order chi connectivity index (χ0) is 14.1. The third-order valence-corrected chi connectivity index (χ3v) is 4.32. The second-order valence-corrected chi connectivity index (χ2v) is 5.72. The molecule has 0 aliphatic rings. The van der Waals surface area contributed by atoms with Crippen LogP contribution in [0.15, 0.2) is 27.7 Å². The predicted octanol–water partition coefficient (Wildman–Crippen LogP) is 2.32. The number of carboxylic acid groups (broad SMARTS) is 1. The van der Waals surface area contributed by atoms with Crippen molar-refractivity contribution < 1.29 is 14.6 Å². The number of hydrogen-bond donors (Lipinski definition) is 2. The van der Waals surface area contributed by atoms with Gasteiger partial charge in [0.1, 0.15) is 27.8 Å². The van der Waals surface area contributed by atoms with Gasteiger partial charge in [0, 0.05) is 11.4 Å². The molecule has 3 heterocycles. The Kier molecular flexibility index (Phi) is 3.25. The van der Waals surface area contributed by atoms with Gasteiger partial charge in [-0.05, 0) is 11.4 Å². The lowest BCUT2D eigenvalue weighted by atomic mass is 10.4. The van der Waals surface area contributed by atoms with E-state index in [-0.39, 0.29) is 17.0 Å². The topological polar surface area (TPSA) is 92.3 Å². The molecule has 2 N–H and O–H groups in total. The summed E-state index contributed by atoms with van der Waals surface area (Å²) in [4.78, 5) is 29.6. The third kappa shape index (κ3) is 2.43. The van der Waals surface area contributed by atoms with Crippen molar-refractivity contribution in [2.45, 2.75) is 6.61 Å². The van der Waals surface area contributed by atoms with E-state index in [9.17, 15) is 9.59 Å². The van der Waals surface area contributed by atoms with Crippen molar-refractivity contribution in [2.24, 2.45) is 0 Å². The molecule has 0 aliphatic carbocycles.